The molecule has 0 spiro atoms. The van der Waals surface area contributed by atoms with Gasteiger partial charge >= 0.3 is 0 Å². The molecule has 0 aromatic heterocycles. The molecule has 32 heavy (non-hydrogen) atoms. The third-order valence-electron chi connectivity index (χ3n) is 5.31. The van der Waals surface area contributed by atoms with E-state index in [-0.39, 0.29) is 35.2 Å². The topological polar surface area (TPSA) is 95.6 Å². The van der Waals surface area contributed by atoms with Gasteiger partial charge in [-0.05, 0) is 56.5 Å². The van der Waals surface area contributed by atoms with E-state index < -0.39 is 16.1 Å². The predicted molar refractivity (Wildman–Crippen MR) is 126 cm³/mol. The lowest BCUT2D eigenvalue weighted by Gasteiger charge is -2.22. The molecule has 2 N–H and O–H groups in total. The van der Waals surface area contributed by atoms with Gasteiger partial charge < -0.3 is 10.6 Å². The summed E-state index contributed by atoms with van der Waals surface area (Å²) in [7, 11) is -2.01. The molecule has 7 nitrogen and oxygen atoms in total. The number of aryl methyl sites for hydroxylation is 1. The number of hydrogen-bond donors (Lipinski definition) is 2. The van der Waals surface area contributed by atoms with Crippen LogP contribution in [0.2, 0.25) is 0 Å². The molecule has 0 heterocycles. The quantitative estimate of drug-likeness (QED) is 0.602. The van der Waals surface area contributed by atoms with Crippen LogP contribution in [-0.4, -0.2) is 43.7 Å². The molecule has 2 amide bonds. The van der Waals surface area contributed by atoms with Crippen molar-refractivity contribution in [2.45, 2.75) is 58.1 Å². The summed E-state index contributed by atoms with van der Waals surface area (Å²) in [5.74, 6) is -0.702. The fourth-order valence-electron chi connectivity index (χ4n) is 3.07. The number of rotatable bonds is 9. The molecular weight excluding hydrogens is 426 g/mol. The van der Waals surface area contributed by atoms with Crippen molar-refractivity contribution in [3.8, 4) is 0 Å². The SMILES string of the molecule is Cc1cccc(C(=O)NC(C(=O)NCc2ccc(S(=O)(=O)N(C)C(C)C)cc2)C(C)C)c1. The molecule has 2 aromatic rings. The summed E-state index contributed by atoms with van der Waals surface area (Å²) in [5.41, 5.74) is 2.23. The Bertz CT molecular complexity index is 1050. The van der Waals surface area contributed by atoms with Crippen LogP contribution < -0.4 is 10.6 Å². The van der Waals surface area contributed by atoms with Gasteiger partial charge in [-0.25, -0.2) is 8.42 Å². The first-order chi connectivity index (χ1) is 14.9. The fourth-order valence-corrected chi connectivity index (χ4v) is 4.44. The average molecular weight is 460 g/mol. The number of sulfonamides is 1. The Hall–Kier alpha value is -2.71. The standard InChI is InChI=1S/C24H33N3O4S/c1-16(2)22(26-23(28)20-9-7-8-18(5)14-20)24(29)25-15-19-10-12-21(13-11-19)32(30,31)27(6)17(3)4/h7-14,16-17,22H,15H2,1-6H3,(H,25,29)(H,26,28). The lowest BCUT2D eigenvalue weighted by molar-refractivity contribution is -0.124. The summed E-state index contributed by atoms with van der Waals surface area (Å²) < 4.78 is 26.5. The number of nitrogens with one attached hydrogen (secondary N) is 2. The lowest BCUT2D eigenvalue weighted by atomic mass is 10.0. The van der Waals surface area contributed by atoms with E-state index >= 15 is 0 Å². The van der Waals surface area contributed by atoms with Crippen LogP contribution in [0.3, 0.4) is 0 Å². The van der Waals surface area contributed by atoms with Crippen molar-refractivity contribution in [1.82, 2.24) is 14.9 Å². The summed E-state index contributed by atoms with van der Waals surface area (Å²) in [5, 5.41) is 5.65. The van der Waals surface area contributed by atoms with Crippen molar-refractivity contribution < 1.29 is 18.0 Å². The minimum Gasteiger partial charge on any atom is -0.350 e. The third-order valence-corrected chi connectivity index (χ3v) is 7.36. The highest BCUT2D eigenvalue weighted by Crippen LogP contribution is 2.17. The fraction of sp³-hybridized carbons (Fsp3) is 0.417. The molecule has 0 bridgehead atoms. The summed E-state index contributed by atoms with van der Waals surface area (Å²) in [6.45, 7) is 9.48. The van der Waals surface area contributed by atoms with Gasteiger partial charge in [0, 0.05) is 25.2 Å². The molecule has 0 saturated heterocycles. The van der Waals surface area contributed by atoms with E-state index in [9.17, 15) is 18.0 Å². The highest BCUT2D eigenvalue weighted by molar-refractivity contribution is 7.89. The van der Waals surface area contributed by atoms with Gasteiger partial charge in [-0.15, -0.1) is 0 Å². The maximum atomic E-state index is 12.8. The summed E-state index contributed by atoms with van der Waals surface area (Å²) in [6.07, 6.45) is 0. The first kappa shape index (κ1) is 25.5. The van der Waals surface area contributed by atoms with Crippen LogP contribution in [0.25, 0.3) is 0 Å². The van der Waals surface area contributed by atoms with Gasteiger partial charge in [0.1, 0.15) is 6.04 Å². The molecule has 0 fully saturated rings. The van der Waals surface area contributed by atoms with Crippen molar-refractivity contribution in [1.29, 1.82) is 0 Å². The monoisotopic (exact) mass is 459 g/mol. The maximum Gasteiger partial charge on any atom is 0.251 e. The molecule has 174 valence electrons. The largest absolute Gasteiger partial charge is 0.350 e. The van der Waals surface area contributed by atoms with Crippen LogP contribution >= 0.6 is 0 Å². The summed E-state index contributed by atoms with van der Waals surface area (Å²) >= 11 is 0. The number of carbonyl (C=O) groups is 2. The second kappa shape index (κ2) is 10.7. The Morgan fingerprint density at radius 1 is 1.00 bits per heavy atom. The van der Waals surface area contributed by atoms with Gasteiger partial charge in [0.05, 0.1) is 4.90 Å². The molecule has 0 aliphatic carbocycles. The highest BCUT2D eigenvalue weighted by Gasteiger charge is 2.25. The number of amides is 2. The lowest BCUT2D eigenvalue weighted by Crippen LogP contribution is -2.49. The van der Waals surface area contributed by atoms with Gasteiger partial charge in [-0.2, -0.15) is 4.31 Å². The van der Waals surface area contributed by atoms with Crippen molar-refractivity contribution >= 4 is 21.8 Å². The molecule has 8 heteroatoms. The number of carbonyl (C=O) groups excluding carboxylic acids is 2. The second-order valence-electron chi connectivity index (χ2n) is 8.54. The van der Waals surface area contributed by atoms with E-state index in [1.54, 1.807) is 37.4 Å². The molecule has 2 aromatic carbocycles. The first-order valence-electron chi connectivity index (χ1n) is 10.7. The number of nitrogens with zero attached hydrogens (tertiary/aromatic N) is 1. The number of benzene rings is 2. The number of hydrogen-bond acceptors (Lipinski definition) is 4. The highest BCUT2D eigenvalue weighted by atomic mass is 32.2. The van der Waals surface area contributed by atoms with Crippen LogP contribution in [0.4, 0.5) is 0 Å². The predicted octanol–water partition coefficient (Wildman–Crippen LogP) is 3.09. The second-order valence-corrected chi connectivity index (χ2v) is 10.5. The Morgan fingerprint density at radius 3 is 2.16 bits per heavy atom. The smallest absolute Gasteiger partial charge is 0.251 e. The van der Waals surface area contributed by atoms with Gasteiger partial charge in [0.15, 0.2) is 0 Å². The third kappa shape index (κ3) is 6.40. The molecule has 1 unspecified atom stereocenters. The Morgan fingerprint density at radius 2 is 1.62 bits per heavy atom. The van der Waals surface area contributed by atoms with Crippen molar-refractivity contribution in [3.63, 3.8) is 0 Å². The molecular formula is C24H33N3O4S. The van der Waals surface area contributed by atoms with Crippen molar-refractivity contribution in [2.24, 2.45) is 5.92 Å². The van der Waals surface area contributed by atoms with Gasteiger partial charge in [0.25, 0.3) is 5.91 Å². The summed E-state index contributed by atoms with van der Waals surface area (Å²) in [6, 6.07) is 12.8. The molecule has 0 aliphatic rings. The van der Waals surface area contributed by atoms with Crippen LogP contribution in [0.5, 0.6) is 0 Å². The van der Waals surface area contributed by atoms with Crippen LogP contribution in [-0.2, 0) is 21.4 Å². The van der Waals surface area contributed by atoms with E-state index in [2.05, 4.69) is 10.6 Å². The van der Waals surface area contributed by atoms with Gasteiger partial charge in [-0.3, -0.25) is 9.59 Å². The normalized spacial score (nSPS) is 12.8. The van der Waals surface area contributed by atoms with Crippen molar-refractivity contribution in [2.75, 3.05) is 7.05 Å². The zero-order valence-electron chi connectivity index (χ0n) is 19.5. The average Bonchev–Trinajstić information content (AvgIpc) is 2.75. The van der Waals surface area contributed by atoms with Gasteiger partial charge in [-0.1, -0.05) is 43.7 Å². The van der Waals surface area contributed by atoms with E-state index in [0.29, 0.717) is 5.56 Å². The molecule has 0 aliphatic heterocycles. The Balaban J connectivity index is 2.03. The van der Waals surface area contributed by atoms with Crippen LogP contribution in [0.15, 0.2) is 53.4 Å². The minimum atomic E-state index is -3.56. The van der Waals surface area contributed by atoms with E-state index in [4.69, 9.17) is 0 Å². The van der Waals surface area contributed by atoms with Crippen LogP contribution in [0.1, 0.15) is 49.2 Å². The molecule has 2 rings (SSSR count). The van der Waals surface area contributed by atoms with E-state index in [1.807, 2.05) is 40.7 Å². The van der Waals surface area contributed by atoms with Crippen LogP contribution in [0, 0.1) is 12.8 Å². The van der Waals surface area contributed by atoms with Crippen molar-refractivity contribution in [3.05, 3.63) is 65.2 Å². The zero-order valence-corrected chi connectivity index (χ0v) is 20.4. The minimum absolute atomic E-state index is 0.108. The molecule has 0 radical (unpaired) electrons. The molecule has 0 saturated carbocycles. The first-order valence-corrected chi connectivity index (χ1v) is 12.1. The Labute approximate surface area is 191 Å². The van der Waals surface area contributed by atoms with E-state index in [1.165, 1.54) is 16.4 Å². The van der Waals surface area contributed by atoms with E-state index in [0.717, 1.165) is 11.1 Å². The summed E-state index contributed by atoms with van der Waals surface area (Å²) in [4.78, 5) is 25.5. The Kier molecular flexibility index (Phi) is 8.58. The molecule has 1 atom stereocenters. The zero-order chi connectivity index (χ0) is 24.1. The van der Waals surface area contributed by atoms with Gasteiger partial charge in [0.2, 0.25) is 15.9 Å². The maximum absolute atomic E-state index is 12.8.